The zero-order valence-electron chi connectivity index (χ0n) is 12.6. The number of Topliss-reactive ketones (excluding diaryl/α,β-unsaturated/α-hetero) is 1. The Labute approximate surface area is 116 Å². The fourth-order valence-corrected chi connectivity index (χ4v) is 3.17. The molecule has 0 aromatic heterocycles. The first-order valence-electron chi connectivity index (χ1n) is 7.02. The third-order valence-corrected chi connectivity index (χ3v) is 4.45. The Morgan fingerprint density at radius 1 is 1.26 bits per heavy atom. The molecule has 0 spiro atoms. The van der Waals surface area contributed by atoms with Crippen molar-refractivity contribution in [3.05, 3.63) is 12.2 Å². The van der Waals surface area contributed by atoms with Crippen molar-refractivity contribution in [2.24, 2.45) is 17.3 Å². The number of ether oxygens (including phenoxy) is 1. The molecule has 0 bridgehead atoms. The molecular weight excluding hydrogens is 240 g/mol. The highest BCUT2D eigenvalue weighted by Gasteiger charge is 2.47. The lowest BCUT2D eigenvalue weighted by atomic mass is 9.52. The number of allylic oxidation sites excluding steroid dienone is 1. The van der Waals surface area contributed by atoms with Gasteiger partial charge in [0.1, 0.15) is 5.78 Å². The van der Waals surface area contributed by atoms with Crippen molar-refractivity contribution in [3.8, 4) is 0 Å². The molecule has 1 aliphatic carbocycles. The highest BCUT2D eigenvalue weighted by molar-refractivity contribution is 5.75. The maximum absolute atomic E-state index is 11.2. The maximum atomic E-state index is 11.2. The van der Waals surface area contributed by atoms with Crippen molar-refractivity contribution in [1.29, 1.82) is 0 Å². The van der Waals surface area contributed by atoms with E-state index < -0.39 is 0 Å². The Hall–Kier alpha value is -1.12. The summed E-state index contributed by atoms with van der Waals surface area (Å²) in [5, 5.41) is 0. The lowest BCUT2D eigenvalue weighted by molar-refractivity contribution is -0.140. The molecule has 2 atom stereocenters. The van der Waals surface area contributed by atoms with Gasteiger partial charge in [0, 0.05) is 12.8 Å². The molecule has 0 heterocycles. The van der Waals surface area contributed by atoms with Gasteiger partial charge in [0.25, 0.3) is 0 Å². The van der Waals surface area contributed by atoms with E-state index in [-0.39, 0.29) is 17.2 Å². The molecule has 3 nitrogen and oxygen atoms in total. The third kappa shape index (κ3) is 4.19. The second-order valence-corrected chi connectivity index (χ2v) is 6.38. The van der Waals surface area contributed by atoms with Crippen LogP contribution >= 0.6 is 0 Å². The number of carbonyl (C=O) groups excluding carboxylic acids is 2. The Bertz CT molecular complexity index is 368. The number of hydrogen-bond donors (Lipinski definition) is 0. The minimum atomic E-state index is -0.181. The number of esters is 1. The van der Waals surface area contributed by atoms with Gasteiger partial charge in [0.15, 0.2) is 0 Å². The Morgan fingerprint density at radius 3 is 2.37 bits per heavy atom. The number of rotatable bonds is 7. The molecule has 19 heavy (non-hydrogen) atoms. The van der Waals surface area contributed by atoms with Gasteiger partial charge in [-0.3, -0.25) is 4.79 Å². The van der Waals surface area contributed by atoms with Gasteiger partial charge in [0.2, 0.25) is 0 Å². The lowest BCUT2D eigenvalue weighted by Crippen LogP contribution is -2.44. The van der Waals surface area contributed by atoms with Gasteiger partial charge < -0.3 is 9.53 Å². The number of hydrogen-bond acceptors (Lipinski definition) is 3. The first-order chi connectivity index (χ1) is 8.77. The monoisotopic (exact) mass is 266 g/mol. The van der Waals surface area contributed by atoms with Gasteiger partial charge in [-0.1, -0.05) is 26.0 Å². The maximum Gasteiger partial charge on any atom is 0.305 e. The lowest BCUT2D eigenvalue weighted by Gasteiger charge is -2.53. The Morgan fingerprint density at radius 2 is 1.89 bits per heavy atom. The normalized spacial score (nSPS) is 24.4. The zero-order valence-corrected chi connectivity index (χ0v) is 12.6. The average Bonchev–Trinajstić information content (AvgIpc) is 2.32. The standard InChI is InChI=1S/C16H26O3/c1-11(6-9-15(18)19-5)13-10-16(3,4)14(13)8-7-12(2)17/h13-14H,1,6-10H2,2-5H3/t13-,14-/m1/s1. The Kier molecular flexibility index (Phi) is 5.33. The highest BCUT2D eigenvalue weighted by Crippen LogP contribution is 2.55. The summed E-state index contributed by atoms with van der Waals surface area (Å²) in [5.41, 5.74) is 1.42. The minimum absolute atomic E-state index is 0.181. The van der Waals surface area contributed by atoms with E-state index in [4.69, 9.17) is 0 Å². The van der Waals surface area contributed by atoms with E-state index in [0.717, 1.165) is 18.4 Å². The number of carbonyl (C=O) groups is 2. The van der Waals surface area contributed by atoms with Crippen LogP contribution in [0.25, 0.3) is 0 Å². The molecular formula is C16H26O3. The summed E-state index contributed by atoms with van der Waals surface area (Å²) in [5.74, 6) is 1.04. The molecule has 0 radical (unpaired) electrons. The van der Waals surface area contributed by atoms with Crippen LogP contribution < -0.4 is 0 Å². The van der Waals surface area contributed by atoms with Crippen molar-refractivity contribution in [1.82, 2.24) is 0 Å². The van der Waals surface area contributed by atoms with Crippen LogP contribution in [0.3, 0.4) is 0 Å². The Balaban J connectivity index is 2.50. The van der Waals surface area contributed by atoms with E-state index in [1.54, 1.807) is 6.92 Å². The van der Waals surface area contributed by atoms with E-state index in [0.29, 0.717) is 31.1 Å². The smallest absolute Gasteiger partial charge is 0.305 e. The van der Waals surface area contributed by atoms with Crippen molar-refractivity contribution < 1.29 is 14.3 Å². The van der Waals surface area contributed by atoms with E-state index in [1.165, 1.54) is 7.11 Å². The molecule has 0 amide bonds. The van der Waals surface area contributed by atoms with Gasteiger partial charge in [-0.2, -0.15) is 0 Å². The molecule has 0 aromatic rings. The van der Waals surface area contributed by atoms with Crippen molar-refractivity contribution in [3.63, 3.8) is 0 Å². The summed E-state index contributed by atoms with van der Waals surface area (Å²) < 4.78 is 4.65. The van der Waals surface area contributed by atoms with Crippen molar-refractivity contribution in [2.45, 2.75) is 52.9 Å². The molecule has 3 heteroatoms. The molecule has 0 aromatic carbocycles. The van der Waals surface area contributed by atoms with Gasteiger partial charge in [-0.25, -0.2) is 0 Å². The van der Waals surface area contributed by atoms with Crippen molar-refractivity contribution in [2.75, 3.05) is 7.11 Å². The second kappa shape index (κ2) is 6.36. The summed E-state index contributed by atoms with van der Waals surface area (Å²) in [6.45, 7) is 10.3. The summed E-state index contributed by atoms with van der Waals surface area (Å²) >= 11 is 0. The van der Waals surface area contributed by atoms with Crippen LogP contribution in [0, 0.1) is 17.3 Å². The molecule has 0 aliphatic heterocycles. The first-order valence-corrected chi connectivity index (χ1v) is 7.02. The first kappa shape index (κ1) is 15.9. The van der Waals surface area contributed by atoms with Gasteiger partial charge in [-0.15, -0.1) is 0 Å². The predicted molar refractivity (Wildman–Crippen MR) is 75.7 cm³/mol. The molecule has 0 saturated heterocycles. The predicted octanol–water partition coefficient (Wildman–Crippen LogP) is 3.53. The molecule has 1 aliphatic rings. The van der Waals surface area contributed by atoms with Crippen LogP contribution in [0.5, 0.6) is 0 Å². The summed E-state index contributed by atoms with van der Waals surface area (Å²) in [6.07, 6.45) is 3.80. The fraction of sp³-hybridized carbons (Fsp3) is 0.750. The van der Waals surface area contributed by atoms with Crippen LogP contribution in [0.4, 0.5) is 0 Å². The van der Waals surface area contributed by atoms with Crippen LogP contribution in [-0.4, -0.2) is 18.9 Å². The van der Waals surface area contributed by atoms with Gasteiger partial charge in [0.05, 0.1) is 7.11 Å². The quantitative estimate of drug-likeness (QED) is 0.523. The van der Waals surface area contributed by atoms with Crippen LogP contribution in [-0.2, 0) is 14.3 Å². The summed E-state index contributed by atoms with van der Waals surface area (Å²) in [4.78, 5) is 22.3. The summed E-state index contributed by atoms with van der Waals surface area (Å²) in [6, 6.07) is 0. The van der Waals surface area contributed by atoms with Gasteiger partial charge in [-0.05, 0) is 43.4 Å². The number of ketones is 1. The minimum Gasteiger partial charge on any atom is -0.469 e. The summed E-state index contributed by atoms with van der Waals surface area (Å²) in [7, 11) is 1.41. The van der Waals surface area contributed by atoms with Crippen LogP contribution in [0.1, 0.15) is 52.9 Å². The molecule has 0 unspecified atom stereocenters. The van der Waals surface area contributed by atoms with Crippen LogP contribution in [0.2, 0.25) is 0 Å². The van der Waals surface area contributed by atoms with Crippen molar-refractivity contribution >= 4 is 11.8 Å². The van der Waals surface area contributed by atoms with E-state index in [1.807, 2.05) is 0 Å². The van der Waals surface area contributed by atoms with Crippen LogP contribution in [0.15, 0.2) is 12.2 Å². The molecule has 1 fully saturated rings. The zero-order chi connectivity index (χ0) is 14.6. The highest BCUT2D eigenvalue weighted by atomic mass is 16.5. The second-order valence-electron chi connectivity index (χ2n) is 6.38. The SMILES string of the molecule is C=C(CCC(=O)OC)[C@H]1CC(C)(C)[C@@H]1CCC(C)=O. The van der Waals surface area contributed by atoms with E-state index in [2.05, 4.69) is 25.2 Å². The largest absolute Gasteiger partial charge is 0.469 e. The van der Waals surface area contributed by atoms with E-state index >= 15 is 0 Å². The number of methoxy groups -OCH3 is 1. The topological polar surface area (TPSA) is 43.4 Å². The van der Waals surface area contributed by atoms with E-state index in [9.17, 15) is 9.59 Å². The average molecular weight is 266 g/mol. The third-order valence-electron chi connectivity index (χ3n) is 4.45. The molecule has 0 N–H and O–H groups in total. The fourth-order valence-electron chi connectivity index (χ4n) is 3.17. The van der Waals surface area contributed by atoms with Gasteiger partial charge >= 0.3 is 5.97 Å². The molecule has 1 saturated carbocycles. The molecule has 1 rings (SSSR count). The molecule has 108 valence electrons.